The average molecular weight is 485 g/mol. The van der Waals surface area contributed by atoms with E-state index in [2.05, 4.69) is 24.0 Å². The molecule has 4 rings (SSSR count). The predicted molar refractivity (Wildman–Crippen MR) is 134 cm³/mol. The monoisotopic (exact) mass is 484 g/mol. The number of aromatic nitrogens is 1. The number of ether oxygens (including phenoxy) is 1. The molecule has 3 aromatic rings. The Morgan fingerprint density at radius 2 is 1.91 bits per heavy atom. The molecule has 5 nitrogen and oxygen atoms in total. The number of benzene rings is 2. The summed E-state index contributed by atoms with van der Waals surface area (Å²) in [7, 11) is 0. The van der Waals surface area contributed by atoms with Gasteiger partial charge in [-0.25, -0.2) is 4.98 Å². The zero-order chi connectivity index (χ0) is 23.4. The molecule has 1 aromatic heterocycles. The molecule has 1 saturated heterocycles. The first kappa shape index (κ1) is 23.6. The number of hydrogen-bond donors (Lipinski definition) is 1. The summed E-state index contributed by atoms with van der Waals surface area (Å²) in [4.78, 5) is 19.5. The van der Waals surface area contributed by atoms with E-state index in [1.807, 2.05) is 37.3 Å². The van der Waals surface area contributed by atoms with Crippen LogP contribution in [0, 0.1) is 13.8 Å². The lowest BCUT2D eigenvalue weighted by atomic mass is 9.90. The number of nitrogens with zero attached hydrogens (tertiary/aromatic N) is 2. The van der Waals surface area contributed by atoms with E-state index in [0.717, 1.165) is 65.1 Å². The van der Waals surface area contributed by atoms with Crippen LogP contribution in [0.5, 0.6) is 5.75 Å². The summed E-state index contributed by atoms with van der Waals surface area (Å²) in [6.07, 6.45) is 2.96. The van der Waals surface area contributed by atoms with Gasteiger partial charge in [0.25, 0.3) is 0 Å². The lowest BCUT2D eigenvalue weighted by Gasteiger charge is -2.32. The highest BCUT2D eigenvalue weighted by molar-refractivity contribution is 7.15. The molecule has 174 valence electrons. The Morgan fingerprint density at radius 3 is 2.61 bits per heavy atom. The molecule has 0 radical (unpaired) electrons. The molecular formula is C26H29ClN2O3S. The number of rotatable bonds is 8. The molecule has 2 aromatic carbocycles. The van der Waals surface area contributed by atoms with Crippen molar-refractivity contribution in [3.8, 4) is 5.75 Å². The van der Waals surface area contributed by atoms with Gasteiger partial charge in [0, 0.05) is 29.4 Å². The standard InChI is InChI=1S/C26H29ClN2O3S/c1-17-3-4-19(16-25(30)31)15-24(17)32-14-11-23-18(2)33-26(28-23)29-12-9-21(10-13-29)20-5-7-22(27)8-6-20/h3-8,15,21H,9-14,16H2,1-2H3,(H,30,31). The highest BCUT2D eigenvalue weighted by atomic mass is 35.5. The van der Waals surface area contributed by atoms with Crippen molar-refractivity contribution in [2.24, 2.45) is 0 Å². The average Bonchev–Trinajstić information content (AvgIpc) is 3.17. The third-order valence-electron chi connectivity index (χ3n) is 6.19. The normalized spacial score (nSPS) is 14.5. The van der Waals surface area contributed by atoms with Crippen LogP contribution in [0.15, 0.2) is 42.5 Å². The molecule has 2 heterocycles. The lowest BCUT2D eigenvalue weighted by molar-refractivity contribution is -0.136. The van der Waals surface area contributed by atoms with E-state index in [-0.39, 0.29) is 6.42 Å². The van der Waals surface area contributed by atoms with E-state index >= 15 is 0 Å². The molecule has 1 N–H and O–H groups in total. The Kier molecular flexibility index (Phi) is 7.56. The first-order valence-corrected chi connectivity index (χ1v) is 12.5. The zero-order valence-corrected chi connectivity index (χ0v) is 20.6. The molecule has 33 heavy (non-hydrogen) atoms. The van der Waals surface area contributed by atoms with Gasteiger partial charge in [-0.3, -0.25) is 4.79 Å². The van der Waals surface area contributed by atoms with Crippen molar-refractivity contribution in [1.29, 1.82) is 0 Å². The van der Waals surface area contributed by atoms with Crippen LogP contribution in [0.3, 0.4) is 0 Å². The summed E-state index contributed by atoms with van der Waals surface area (Å²) in [5, 5.41) is 10.9. The van der Waals surface area contributed by atoms with Crippen molar-refractivity contribution >= 4 is 34.0 Å². The van der Waals surface area contributed by atoms with Crippen molar-refractivity contribution in [3.05, 3.63) is 74.7 Å². The Balaban J connectivity index is 1.32. The van der Waals surface area contributed by atoms with Crippen LogP contribution in [-0.4, -0.2) is 35.8 Å². The van der Waals surface area contributed by atoms with E-state index in [1.54, 1.807) is 11.3 Å². The Labute approximate surface area is 204 Å². The number of piperidine rings is 1. The second kappa shape index (κ2) is 10.6. The minimum atomic E-state index is -0.840. The molecule has 0 atom stereocenters. The van der Waals surface area contributed by atoms with Gasteiger partial charge in [-0.1, -0.05) is 35.9 Å². The summed E-state index contributed by atoms with van der Waals surface area (Å²) >= 11 is 7.78. The number of hydrogen-bond acceptors (Lipinski definition) is 5. The van der Waals surface area contributed by atoms with Crippen molar-refractivity contribution in [3.63, 3.8) is 0 Å². The molecule has 0 spiro atoms. The van der Waals surface area contributed by atoms with Crippen LogP contribution in [-0.2, 0) is 17.6 Å². The first-order chi connectivity index (χ1) is 15.9. The molecule has 0 unspecified atom stereocenters. The largest absolute Gasteiger partial charge is 0.493 e. The second-order valence-electron chi connectivity index (χ2n) is 8.58. The van der Waals surface area contributed by atoms with Crippen LogP contribution in [0.25, 0.3) is 0 Å². The number of aliphatic carboxylic acids is 1. The highest BCUT2D eigenvalue weighted by Crippen LogP contribution is 2.34. The number of anilines is 1. The number of thiazole rings is 1. The van der Waals surface area contributed by atoms with Crippen molar-refractivity contribution in [2.75, 3.05) is 24.6 Å². The van der Waals surface area contributed by atoms with E-state index in [1.165, 1.54) is 10.4 Å². The van der Waals surface area contributed by atoms with Crippen molar-refractivity contribution < 1.29 is 14.6 Å². The number of halogens is 1. The van der Waals surface area contributed by atoms with Crippen LogP contribution in [0.4, 0.5) is 5.13 Å². The van der Waals surface area contributed by atoms with Gasteiger partial charge in [-0.15, -0.1) is 11.3 Å². The third kappa shape index (κ3) is 6.06. The fourth-order valence-electron chi connectivity index (χ4n) is 4.26. The highest BCUT2D eigenvalue weighted by Gasteiger charge is 2.23. The summed E-state index contributed by atoms with van der Waals surface area (Å²) in [6, 6.07) is 13.8. The first-order valence-electron chi connectivity index (χ1n) is 11.3. The van der Waals surface area contributed by atoms with E-state index < -0.39 is 5.97 Å². The number of carbonyl (C=O) groups is 1. The van der Waals surface area contributed by atoms with Crippen LogP contribution in [0.1, 0.15) is 46.0 Å². The third-order valence-corrected chi connectivity index (χ3v) is 7.52. The Morgan fingerprint density at radius 1 is 1.18 bits per heavy atom. The molecule has 0 amide bonds. The van der Waals surface area contributed by atoms with E-state index in [4.69, 9.17) is 26.4 Å². The summed E-state index contributed by atoms with van der Waals surface area (Å²) in [6.45, 7) is 6.62. The maximum Gasteiger partial charge on any atom is 0.307 e. The fourth-order valence-corrected chi connectivity index (χ4v) is 5.39. The number of carboxylic acids is 1. The van der Waals surface area contributed by atoms with Gasteiger partial charge in [-0.2, -0.15) is 0 Å². The van der Waals surface area contributed by atoms with Gasteiger partial charge < -0.3 is 14.7 Å². The fraction of sp³-hybridized carbons (Fsp3) is 0.385. The number of aryl methyl sites for hydroxylation is 2. The Hall–Kier alpha value is -2.57. The molecular weight excluding hydrogens is 456 g/mol. The van der Waals surface area contributed by atoms with Gasteiger partial charge >= 0.3 is 5.97 Å². The quantitative estimate of drug-likeness (QED) is 0.422. The molecule has 0 bridgehead atoms. The topological polar surface area (TPSA) is 62.7 Å². The van der Waals surface area contributed by atoms with Crippen LogP contribution >= 0.6 is 22.9 Å². The van der Waals surface area contributed by atoms with E-state index in [9.17, 15) is 4.79 Å². The maximum atomic E-state index is 11.0. The Bertz CT molecular complexity index is 1110. The molecule has 1 aliphatic heterocycles. The molecule has 1 aliphatic rings. The number of carboxylic acid groups (broad SMARTS) is 1. The second-order valence-corrected chi connectivity index (χ2v) is 10.2. The van der Waals surface area contributed by atoms with Crippen LogP contribution in [0.2, 0.25) is 5.02 Å². The zero-order valence-electron chi connectivity index (χ0n) is 19.0. The molecule has 7 heteroatoms. The van der Waals surface area contributed by atoms with Crippen molar-refractivity contribution in [1.82, 2.24) is 4.98 Å². The maximum absolute atomic E-state index is 11.0. The summed E-state index contributed by atoms with van der Waals surface area (Å²) in [5.74, 6) is 0.478. The van der Waals surface area contributed by atoms with Gasteiger partial charge in [0.15, 0.2) is 5.13 Å². The predicted octanol–water partition coefficient (Wildman–Crippen LogP) is 6.05. The van der Waals surface area contributed by atoms with Gasteiger partial charge in [-0.05, 0) is 67.5 Å². The molecule has 0 saturated carbocycles. The van der Waals surface area contributed by atoms with Gasteiger partial charge in [0.1, 0.15) is 5.75 Å². The molecule has 1 fully saturated rings. The summed E-state index contributed by atoms with van der Waals surface area (Å²) < 4.78 is 5.99. The minimum absolute atomic E-state index is 0.0000946. The van der Waals surface area contributed by atoms with E-state index in [0.29, 0.717) is 12.5 Å². The molecule has 0 aliphatic carbocycles. The van der Waals surface area contributed by atoms with Gasteiger partial charge in [0.05, 0.1) is 18.7 Å². The van der Waals surface area contributed by atoms with Crippen LogP contribution < -0.4 is 9.64 Å². The SMILES string of the molecule is Cc1ccc(CC(=O)O)cc1OCCc1nc(N2CCC(c3ccc(Cl)cc3)CC2)sc1C. The van der Waals surface area contributed by atoms with Gasteiger partial charge in [0.2, 0.25) is 0 Å². The smallest absolute Gasteiger partial charge is 0.307 e. The minimum Gasteiger partial charge on any atom is -0.493 e. The lowest BCUT2D eigenvalue weighted by Crippen LogP contribution is -2.32. The van der Waals surface area contributed by atoms with Crippen molar-refractivity contribution in [2.45, 2.75) is 45.4 Å². The summed E-state index contributed by atoms with van der Waals surface area (Å²) in [5.41, 5.74) is 4.20.